The number of hydrogen-bond donors (Lipinski definition) is 3. The van der Waals surface area contributed by atoms with Gasteiger partial charge in [-0.25, -0.2) is 12.8 Å². The summed E-state index contributed by atoms with van der Waals surface area (Å²) in [5, 5.41) is 6.02. The van der Waals surface area contributed by atoms with Gasteiger partial charge in [0.25, 0.3) is 0 Å². The molecule has 2 aromatic rings. The smallest absolute Gasteiger partial charge is 0.242 e. The lowest BCUT2D eigenvalue weighted by Crippen LogP contribution is -2.39. The molecule has 0 spiro atoms. The van der Waals surface area contributed by atoms with Crippen molar-refractivity contribution in [3.05, 3.63) is 54.3 Å². The molecule has 0 aliphatic carbocycles. The third kappa shape index (κ3) is 6.66. The average Bonchev–Trinajstić information content (AvgIpc) is 2.64. The minimum absolute atomic E-state index is 0.0258. The number of hydrogen-bond acceptors (Lipinski definition) is 5. The summed E-state index contributed by atoms with van der Waals surface area (Å²) < 4.78 is 38.1. The van der Waals surface area contributed by atoms with Crippen LogP contribution >= 0.6 is 0 Å². The van der Waals surface area contributed by atoms with Gasteiger partial charge in [-0.2, -0.15) is 0 Å². The lowest BCUT2D eigenvalue weighted by molar-refractivity contribution is -0.116. The number of amides is 3. The molecular formula is C20H22FN3O5S. The van der Waals surface area contributed by atoms with Crippen molar-refractivity contribution in [2.45, 2.75) is 25.5 Å². The summed E-state index contributed by atoms with van der Waals surface area (Å²) in [6.07, 6.45) is -0.0258. The number of sulfone groups is 1. The monoisotopic (exact) mass is 435 g/mol. The van der Waals surface area contributed by atoms with Crippen LogP contribution in [0, 0.1) is 5.82 Å². The number of rotatable bonds is 8. The first-order valence-corrected chi connectivity index (χ1v) is 10.8. The van der Waals surface area contributed by atoms with Crippen LogP contribution in [0.5, 0.6) is 0 Å². The fraction of sp³-hybridized carbons (Fsp3) is 0.250. The van der Waals surface area contributed by atoms with E-state index in [0.717, 1.165) is 12.1 Å². The number of carbonyl (C=O) groups is 3. The van der Waals surface area contributed by atoms with Crippen LogP contribution in [0.1, 0.15) is 20.3 Å². The highest BCUT2D eigenvalue weighted by Crippen LogP contribution is 2.17. The molecule has 2 rings (SSSR count). The first-order valence-electron chi connectivity index (χ1n) is 9.06. The number of nitrogens with one attached hydrogen (secondary N) is 3. The molecule has 1 atom stereocenters. The fourth-order valence-electron chi connectivity index (χ4n) is 2.68. The highest BCUT2D eigenvalue weighted by atomic mass is 32.2. The topological polar surface area (TPSA) is 121 Å². The summed E-state index contributed by atoms with van der Waals surface area (Å²) in [7, 11) is -4.10. The maximum absolute atomic E-state index is 12.9. The van der Waals surface area contributed by atoms with Gasteiger partial charge in [-0.15, -0.1) is 0 Å². The number of halogens is 1. The van der Waals surface area contributed by atoms with Crippen LogP contribution in [0.2, 0.25) is 0 Å². The second kappa shape index (κ2) is 9.97. The molecule has 0 aromatic heterocycles. The standard InChI is InChI=1S/C20H22FN3O5S/c1-3-18(20(27)24-17-10-8-15(9-11-17)22-13(2)25)30(28,29)12-19(26)23-16-6-4-14(21)5-7-16/h4-11,18H,3,12H2,1-2H3,(H,22,25)(H,23,26)(H,24,27). The Morgan fingerprint density at radius 3 is 1.83 bits per heavy atom. The molecule has 30 heavy (non-hydrogen) atoms. The van der Waals surface area contributed by atoms with E-state index >= 15 is 0 Å². The maximum atomic E-state index is 12.9. The zero-order valence-electron chi connectivity index (χ0n) is 16.4. The summed E-state index contributed by atoms with van der Waals surface area (Å²) in [6.45, 7) is 2.89. The molecule has 2 aromatic carbocycles. The summed E-state index contributed by atoms with van der Waals surface area (Å²) in [6, 6.07) is 11.0. The van der Waals surface area contributed by atoms with E-state index in [4.69, 9.17) is 0 Å². The summed E-state index contributed by atoms with van der Waals surface area (Å²) >= 11 is 0. The van der Waals surface area contributed by atoms with Crippen LogP contribution in [-0.2, 0) is 24.2 Å². The Morgan fingerprint density at radius 2 is 1.33 bits per heavy atom. The van der Waals surface area contributed by atoms with Crippen LogP contribution in [0.3, 0.4) is 0 Å². The van der Waals surface area contributed by atoms with Crippen molar-refractivity contribution in [3.63, 3.8) is 0 Å². The van der Waals surface area contributed by atoms with E-state index < -0.39 is 38.5 Å². The zero-order valence-corrected chi connectivity index (χ0v) is 17.3. The van der Waals surface area contributed by atoms with Crippen LogP contribution < -0.4 is 16.0 Å². The van der Waals surface area contributed by atoms with Gasteiger partial charge in [0.1, 0.15) is 16.8 Å². The van der Waals surface area contributed by atoms with Crippen molar-refractivity contribution in [1.29, 1.82) is 0 Å². The van der Waals surface area contributed by atoms with E-state index in [9.17, 15) is 27.2 Å². The number of benzene rings is 2. The molecule has 0 radical (unpaired) electrons. The second-order valence-corrected chi connectivity index (χ2v) is 8.69. The van der Waals surface area contributed by atoms with Crippen molar-refractivity contribution in [3.8, 4) is 0 Å². The van der Waals surface area contributed by atoms with Crippen LogP contribution in [0.4, 0.5) is 21.5 Å². The summed E-state index contributed by atoms with van der Waals surface area (Å²) in [4.78, 5) is 35.6. The van der Waals surface area contributed by atoms with Gasteiger partial charge < -0.3 is 16.0 Å². The molecule has 0 aliphatic heterocycles. The van der Waals surface area contributed by atoms with Crippen LogP contribution in [0.15, 0.2) is 48.5 Å². The van der Waals surface area contributed by atoms with Crippen LogP contribution in [0.25, 0.3) is 0 Å². The number of anilines is 3. The fourth-order valence-corrected chi connectivity index (χ4v) is 4.21. The Bertz CT molecular complexity index is 1020. The SMILES string of the molecule is CCC(C(=O)Nc1ccc(NC(C)=O)cc1)S(=O)(=O)CC(=O)Nc1ccc(F)cc1. The molecule has 3 N–H and O–H groups in total. The molecule has 1 unspecified atom stereocenters. The van der Waals surface area contributed by atoms with Crippen molar-refractivity contribution < 1.29 is 27.2 Å². The molecule has 0 fully saturated rings. The van der Waals surface area contributed by atoms with Crippen molar-refractivity contribution in [2.75, 3.05) is 21.7 Å². The molecule has 10 heteroatoms. The van der Waals surface area contributed by atoms with Crippen molar-refractivity contribution in [2.24, 2.45) is 0 Å². The molecule has 160 valence electrons. The first-order chi connectivity index (χ1) is 14.1. The average molecular weight is 435 g/mol. The third-order valence-corrected chi connectivity index (χ3v) is 6.11. The Hall–Kier alpha value is -3.27. The Labute approximate surface area is 173 Å². The largest absolute Gasteiger partial charge is 0.326 e. The van der Waals surface area contributed by atoms with Crippen molar-refractivity contribution >= 4 is 44.6 Å². The Balaban J connectivity index is 2.02. The first kappa shape index (κ1) is 23.0. The van der Waals surface area contributed by atoms with E-state index in [1.807, 2.05) is 0 Å². The van der Waals surface area contributed by atoms with E-state index in [1.54, 1.807) is 12.1 Å². The third-order valence-electron chi connectivity index (χ3n) is 4.03. The zero-order chi connectivity index (χ0) is 22.3. The molecule has 0 aliphatic rings. The van der Waals surface area contributed by atoms with Gasteiger partial charge in [-0.1, -0.05) is 6.92 Å². The van der Waals surface area contributed by atoms with E-state index in [1.165, 1.54) is 38.1 Å². The van der Waals surface area contributed by atoms with Gasteiger partial charge in [0.05, 0.1) is 0 Å². The molecule has 0 bridgehead atoms. The van der Waals surface area contributed by atoms with Gasteiger partial charge in [0.15, 0.2) is 9.84 Å². The Kier molecular flexibility index (Phi) is 7.65. The van der Waals surface area contributed by atoms with Gasteiger partial charge in [-0.3, -0.25) is 14.4 Å². The van der Waals surface area contributed by atoms with Gasteiger partial charge >= 0.3 is 0 Å². The molecule has 8 nitrogen and oxygen atoms in total. The summed E-state index contributed by atoms with van der Waals surface area (Å²) in [5.74, 6) is -3.22. The maximum Gasteiger partial charge on any atom is 0.242 e. The predicted molar refractivity (Wildman–Crippen MR) is 112 cm³/mol. The molecule has 3 amide bonds. The molecule has 0 saturated carbocycles. The predicted octanol–water partition coefficient (Wildman–Crippen LogP) is 2.55. The van der Waals surface area contributed by atoms with Crippen LogP contribution in [-0.4, -0.2) is 37.1 Å². The number of carbonyl (C=O) groups excluding carboxylic acids is 3. The summed E-state index contributed by atoms with van der Waals surface area (Å²) in [5.41, 5.74) is 1.12. The molecular weight excluding hydrogens is 413 g/mol. The Morgan fingerprint density at radius 1 is 0.867 bits per heavy atom. The lowest BCUT2D eigenvalue weighted by atomic mass is 10.2. The minimum atomic E-state index is -4.10. The molecule has 0 heterocycles. The second-order valence-electron chi connectivity index (χ2n) is 6.51. The van der Waals surface area contributed by atoms with E-state index in [-0.39, 0.29) is 18.0 Å². The van der Waals surface area contributed by atoms with E-state index in [0.29, 0.717) is 11.4 Å². The van der Waals surface area contributed by atoms with Gasteiger partial charge in [-0.05, 0) is 55.0 Å². The quantitative estimate of drug-likeness (QED) is 0.588. The minimum Gasteiger partial charge on any atom is -0.326 e. The molecule has 0 saturated heterocycles. The highest BCUT2D eigenvalue weighted by Gasteiger charge is 2.33. The van der Waals surface area contributed by atoms with Crippen molar-refractivity contribution in [1.82, 2.24) is 0 Å². The lowest BCUT2D eigenvalue weighted by Gasteiger charge is -2.16. The van der Waals surface area contributed by atoms with Gasteiger partial charge in [0.2, 0.25) is 17.7 Å². The highest BCUT2D eigenvalue weighted by molar-refractivity contribution is 7.93. The normalized spacial score (nSPS) is 12.0. The van der Waals surface area contributed by atoms with E-state index in [2.05, 4.69) is 16.0 Å². The van der Waals surface area contributed by atoms with Gasteiger partial charge in [0, 0.05) is 24.0 Å².